The molecule has 0 spiro atoms. The Labute approximate surface area is 178 Å². The molecule has 1 heterocycles. The van der Waals surface area contributed by atoms with E-state index in [-0.39, 0.29) is 28.5 Å². The zero-order chi connectivity index (χ0) is 23.3. The lowest BCUT2D eigenvalue weighted by Gasteiger charge is -2.09. The lowest BCUT2D eigenvalue weighted by atomic mass is 10.1. The van der Waals surface area contributed by atoms with Gasteiger partial charge in [-0.2, -0.15) is 5.26 Å². The molecule has 1 N–H and O–H groups in total. The Balaban J connectivity index is 1.74. The van der Waals surface area contributed by atoms with Crippen molar-refractivity contribution in [2.24, 2.45) is 0 Å². The summed E-state index contributed by atoms with van der Waals surface area (Å²) >= 11 is 0. The van der Waals surface area contributed by atoms with Crippen molar-refractivity contribution in [3.05, 3.63) is 82.1 Å². The number of carbonyl (C=O) groups excluding carboxylic acids is 1. The predicted octanol–water partition coefficient (Wildman–Crippen LogP) is 5.30. The molecule has 0 bridgehead atoms. The molecular weight excluding hydrogens is 431 g/mol. The Bertz CT molecular complexity index is 1220. The molecule has 3 aromatic rings. The van der Waals surface area contributed by atoms with Crippen LogP contribution in [0.2, 0.25) is 0 Å². The number of furan rings is 1. The van der Waals surface area contributed by atoms with Gasteiger partial charge in [-0.3, -0.25) is 14.9 Å². The smallest absolute Gasteiger partial charge is 0.457 e. The number of nitriles is 1. The van der Waals surface area contributed by atoms with Crippen LogP contribution in [0.25, 0.3) is 17.4 Å². The highest BCUT2D eigenvalue weighted by molar-refractivity contribution is 6.09. The van der Waals surface area contributed by atoms with Crippen molar-refractivity contribution in [3.8, 4) is 23.1 Å². The predicted molar refractivity (Wildman–Crippen MR) is 106 cm³/mol. The Morgan fingerprint density at radius 3 is 2.50 bits per heavy atom. The van der Waals surface area contributed by atoms with E-state index in [1.807, 2.05) is 0 Å². The fraction of sp³-hybridized carbons (Fsp3) is 0.0476. The van der Waals surface area contributed by atoms with Crippen LogP contribution in [0.15, 0.2) is 70.7 Å². The van der Waals surface area contributed by atoms with Crippen LogP contribution in [-0.2, 0) is 4.79 Å². The SMILES string of the molecule is N#C/C(=C\c1ccc(-c2cccc([N+](=O)[O-])c2)o1)C(=O)Nc1ccc(OC(F)(F)F)cc1. The summed E-state index contributed by atoms with van der Waals surface area (Å²) in [4.78, 5) is 22.7. The van der Waals surface area contributed by atoms with Gasteiger partial charge in [0.2, 0.25) is 0 Å². The van der Waals surface area contributed by atoms with E-state index in [4.69, 9.17) is 4.42 Å². The van der Waals surface area contributed by atoms with E-state index in [0.717, 1.165) is 18.2 Å². The summed E-state index contributed by atoms with van der Waals surface area (Å²) < 4.78 is 45.9. The first kappa shape index (κ1) is 22.1. The Morgan fingerprint density at radius 2 is 1.88 bits per heavy atom. The molecule has 8 nitrogen and oxygen atoms in total. The largest absolute Gasteiger partial charge is 0.573 e. The lowest BCUT2D eigenvalue weighted by Crippen LogP contribution is -2.17. The zero-order valence-electron chi connectivity index (χ0n) is 15.9. The number of benzene rings is 2. The van der Waals surface area contributed by atoms with Crippen molar-refractivity contribution in [2.75, 3.05) is 5.32 Å². The van der Waals surface area contributed by atoms with Gasteiger partial charge in [0, 0.05) is 29.5 Å². The first-order valence-electron chi connectivity index (χ1n) is 8.78. The number of hydrogen-bond acceptors (Lipinski definition) is 6. The van der Waals surface area contributed by atoms with Crippen LogP contribution in [0.5, 0.6) is 5.75 Å². The quantitative estimate of drug-likeness (QED) is 0.239. The fourth-order valence-corrected chi connectivity index (χ4v) is 2.59. The van der Waals surface area contributed by atoms with Crippen LogP contribution < -0.4 is 10.1 Å². The number of nitro groups is 1. The second kappa shape index (κ2) is 9.05. The van der Waals surface area contributed by atoms with Crippen LogP contribution in [0.4, 0.5) is 24.5 Å². The molecule has 3 rings (SSSR count). The van der Waals surface area contributed by atoms with Gasteiger partial charge in [0.25, 0.3) is 11.6 Å². The first-order valence-corrected chi connectivity index (χ1v) is 8.78. The normalized spacial score (nSPS) is 11.5. The first-order chi connectivity index (χ1) is 15.1. The minimum absolute atomic E-state index is 0.125. The maximum atomic E-state index is 12.3. The molecule has 11 heteroatoms. The van der Waals surface area contributed by atoms with E-state index in [1.54, 1.807) is 12.1 Å². The molecular formula is C21H12F3N3O5. The number of anilines is 1. The molecule has 0 saturated heterocycles. The molecule has 162 valence electrons. The van der Waals surface area contributed by atoms with E-state index >= 15 is 0 Å². The Hall–Kier alpha value is -4.59. The number of amides is 1. The number of nitrogens with one attached hydrogen (secondary N) is 1. The number of ether oxygens (including phenoxy) is 1. The van der Waals surface area contributed by atoms with Crippen LogP contribution in [0.1, 0.15) is 5.76 Å². The molecule has 0 aliphatic rings. The summed E-state index contributed by atoms with van der Waals surface area (Å²) in [6, 6.07) is 14.8. The van der Waals surface area contributed by atoms with Gasteiger partial charge in [0.15, 0.2) is 0 Å². The van der Waals surface area contributed by atoms with Gasteiger partial charge >= 0.3 is 6.36 Å². The number of carbonyl (C=O) groups is 1. The van der Waals surface area contributed by atoms with Crippen molar-refractivity contribution in [3.63, 3.8) is 0 Å². The van der Waals surface area contributed by atoms with Crippen LogP contribution in [0, 0.1) is 21.4 Å². The summed E-state index contributed by atoms with van der Waals surface area (Å²) in [6.07, 6.45) is -3.68. The Kier molecular flexibility index (Phi) is 6.25. The highest BCUT2D eigenvalue weighted by Crippen LogP contribution is 2.27. The summed E-state index contributed by atoms with van der Waals surface area (Å²) in [5.41, 5.74) is 0.116. The fourth-order valence-electron chi connectivity index (χ4n) is 2.59. The molecule has 0 atom stereocenters. The topological polar surface area (TPSA) is 118 Å². The molecule has 0 aliphatic heterocycles. The summed E-state index contributed by atoms with van der Waals surface area (Å²) in [6.45, 7) is 0. The van der Waals surface area contributed by atoms with Crippen LogP contribution in [-0.4, -0.2) is 17.2 Å². The molecule has 1 aromatic heterocycles. The number of halogens is 3. The number of rotatable bonds is 6. The molecule has 32 heavy (non-hydrogen) atoms. The number of hydrogen-bond donors (Lipinski definition) is 1. The maximum Gasteiger partial charge on any atom is 0.573 e. The van der Waals surface area contributed by atoms with Gasteiger partial charge in [0.05, 0.1) is 4.92 Å². The number of alkyl halides is 3. The number of nitrogens with zero attached hydrogens (tertiary/aromatic N) is 2. The standard InChI is InChI=1S/C21H12F3N3O5/c22-21(23,24)32-17-6-4-15(5-7-17)26-20(28)14(12-25)11-18-8-9-19(31-18)13-2-1-3-16(10-13)27(29)30/h1-11H,(H,26,28)/b14-11+. The van der Waals surface area contributed by atoms with Gasteiger partial charge in [-0.1, -0.05) is 12.1 Å². The van der Waals surface area contributed by atoms with E-state index < -0.39 is 22.9 Å². The van der Waals surface area contributed by atoms with Gasteiger partial charge < -0.3 is 14.5 Å². The molecule has 2 aromatic carbocycles. The number of non-ortho nitro benzene ring substituents is 1. The highest BCUT2D eigenvalue weighted by atomic mass is 19.4. The summed E-state index contributed by atoms with van der Waals surface area (Å²) in [5, 5.41) is 22.6. The summed E-state index contributed by atoms with van der Waals surface area (Å²) in [7, 11) is 0. The van der Waals surface area contributed by atoms with Crippen molar-refractivity contribution in [1.82, 2.24) is 0 Å². The second-order valence-electron chi connectivity index (χ2n) is 6.21. The van der Waals surface area contributed by atoms with Crippen LogP contribution in [0.3, 0.4) is 0 Å². The lowest BCUT2D eigenvalue weighted by molar-refractivity contribution is -0.384. The average molecular weight is 443 g/mol. The third-order valence-corrected chi connectivity index (χ3v) is 3.97. The zero-order valence-corrected chi connectivity index (χ0v) is 15.9. The average Bonchev–Trinajstić information content (AvgIpc) is 3.21. The van der Waals surface area contributed by atoms with Crippen molar-refractivity contribution in [2.45, 2.75) is 6.36 Å². The van der Waals surface area contributed by atoms with Crippen molar-refractivity contribution in [1.29, 1.82) is 5.26 Å². The van der Waals surface area contributed by atoms with Gasteiger partial charge in [-0.25, -0.2) is 0 Å². The Morgan fingerprint density at radius 1 is 1.16 bits per heavy atom. The van der Waals surface area contributed by atoms with E-state index in [9.17, 15) is 33.3 Å². The third kappa shape index (κ3) is 5.73. The second-order valence-corrected chi connectivity index (χ2v) is 6.21. The van der Waals surface area contributed by atoms with Crippen molar-refractivity contribution >= 4 is 23.4 Å². The monoisotopic (exact) mass is 443 g/mol. The molecule has 0 fully saturated rings. The van der Waals surface area contributed by atoms with Gasteiger partial charge in [-0.05, 0) is 36.4 Å². The minimum Gasteiger partial charge on any atom is -0.457 e. The van der Waals surface area contributed by atoms with Crippen molar-refractivity contribution < 1.29 is 32.0 Å². The van der Waals surface area contributed by atoms with Gasteiger partial charge in [0.1, 0.15) is 28.9 Å². The molecule has 0 aliphatic carbocycles. The minimum atomic E-state index is -4.84. The molecule has 0 saturated carbocycles. The summed E-state index contributed by atoms with van der Waals surface area (Å²) in [5.74, 6) is -0.842. The number of nitro benzene ring substituents is 1. The van der Waals surface area contributed by atoms with Gasteiger partial charge in [-0.15, -0.1) is 13.2 Å². The maximum absolute atomic E-state index is 12.3. The third-order valence-electron chi connectivity index (χ3n) is 3.97. The molecule has 1 amide bonds. The van der Waals surface area contributed by atoms with E-state index in [0.29, 0.717) is 5.56 Å². The molecule has 0 radical (unpaired) electrons. The molecule has 0 unspecified atom stereocenters. The van der Waals surface area contributed by atoms with E-state index in [2.05, 4.69) is 10.1 Å². The highest BCUT2D eigenvalue weighted by Gasteiger charge is 2.31. The van der Waals surface area contributed by atoms with E-state index in [1.165, 1.54) is 42.5 Å². The van der Waals surface area contributed by atoms with Crippen LogP contribution >= 0.6 is 0 Å².